The number of anilines is 1. The van der Waals surface area contributed by atoms with E-state index in [-0.39, 0.29) is 27.9 Å². The van der Waals surface area contributed by atoms with E-state index in [0.29, 0.717) is 23.7 Å². The van der Waals surface area contributed by atoms with Crippen LogP contribution >= 0.6 is 23.2 Å². The minimum Gasteiger partial charge on any atom is -0.768 e. The lowest BCUT2D eigenvalue weighted by Gasteiger charge is -2.46. The van der Waals surface area contributed by atoms with Crippen molar-refractivity contribution in [2.75, 3.05) is 18.0 Å². The van der Waals surface area contributed by atoms with Crippen molar-refractivity contribution in [3.63, 3.8) is 0 Å². The molecule has 0 radical (unpaired) electrons. The van der Waals surface area contributed by atoms with Gasteiger partial charge in [0.25, 0.3) is 5.91 Å². The normalized spacial score (nSPS) is 21.2. The molecule has 2 aromatic rings. The Kier molecular flexibility index (Phi) is 6.11. The topological polar surface area (TPSA) is 63.7 Å². The zero-order valence-electron chi connectivity index (χ0n) is 14.9. The molecule has 8 heteroatoms. The molecule has 3 atom stereocenters. The molecule has 1 saturated heterocycles. The summed E-state index contributed by atoms with van der Waals surface area (Å²) in [4.78, 5) is 17.0. The van der Waals surface area contributed by atoms with Crippen LogP contribution in [0.25, 0.3) is 0 Å². The Morgan fingerprint density at radius 1 is 1.11 bits per heavy atom. The molecule has 27 heavy (non-hydrogen) atoms. The average Bonchev–Trinajstić information content (AvgIpc) is 2.63. The molecule has 5 nitrogen and oxygen atoms in total. The summed E-state index contributed by atoms with van der Waals surface area (Å²) in [6, 6.07) is 12.0. The molecule has 3 rings (SSSR count). The molecule has 0 saturated carbocycles. The number of hydrogen-bond donors (Lipinski definition) is 0. The number of halogens is 2. The predicted molar refractivity (Wildman–Crippen MR) is 107 cm³/mol. The summed E-state index contributed by atoms with van der Waals surface area (Å²) in [6.45, 7) is 5.29. The van der Waals surface area contributed by atoms with E-state index in [1.807, 2.05) is 31.2 Å². The number of rotatable bonds is 3. The zero-order valence-corrected chi connectivity index (χ0v) is 17.2. The third-order valence-electron chi connectivity index (χ3n) is 5.02. The molecule has 1 heterocycles. The Labute approximate surface area is 171 Å². The predicted octanol–water partition coefficient (Wildman–Crippen LogP) is 3.97. The molecule has 0 N–H and O–H groups in total. The number of nitrogens with zero attached hydrogens (tertiary/aromatic N) is 2. The van der Waals surface area contributed by atoms with E-state index in [2.05, 4.69) is 11.8 Å². The average molecular weight is 426 g/mol. The first-order valence-corrected chi connectivity index (χ1v) is 10.3. The first kappa shape index (κ1) is 20.1. The molecule has 144 valence electrons. The number of benzene rings is 2. The lowest BCUT2D eigenvalue weighted by Crippen LogP contribution is -2.59. The molecule has 0 aromatic heterocycles. The maximum Gasteiger partial charge on any atom is 0.254 e. The van der Waals surface area contributed by atoms with Gasteiger partial charge < -0.3 is 14.4 Å². The monoisotopic (exact) mass is 425 g/mol. The van der Waals surface area contributed by atoms with E-state index in [1.54, 1.807) is 4.90 Å². The second-order valence-corrected chi connectivity index (χ2v) is 8.29. The molecule has 1 aliphatic rings. The van der Waals surface area contributed by atoms with Crippen molar-refractivity contribution in [2.45, 2.75) is 30.8 Å². The summed E-state index contributed by atoms with van der Waals surface area (Å²) in [6.07, 6.45) is 0. The van der Waals surface area contributed by atoms with Crippen LogP contribution in [0.2, 0.25) is 10.0 Å². The maximum absolute atomic E-state index is 13.0. The summed E-state index contributed by atoms with van der Waals surface area (Å²) in [7, 11) is 0. The van der Waals surface area contributed by atoms with Crippen molar-refractivity contribution in [1.82, 2.24) is 4.90 Å². The van der Waals surface area contributed by atoms with Gasteiger partial charge in [0.15, 0.2) is 0 Å². The van der Waals surface area contributed by atoms with Gasteiger partial charge in [-0.2, -0.15) is 0 Å². The Morgan fingerprint density at radius 2 is 1.85 bits per heavy atom. The second-order valence-electron chi connectivity index (χ2n) is 6.53. The number of piperazine rings is 1. The quantitative estimate of drug-likeness (QED) is 0.697. The highest BCUT2D eigenvalue weighted by Crippen LogP contribution is 2.28. The largest absolute Gasteiger partial charge is 0.768 e. The van der Waals surface area contributed by atoms with Gasteiger partial charge in [-0.1, -0.05) is 29.3 Å². The van der Waals surface area contributed by atoms with E-state index >= 15 is 0 Å². The van der Waals surface area contributed by atoms with E-state index in [0.717, 1.165) is 5.69 Å². The van der Waals surface area contributed by atoms with E-state index in [4.69, 9.17) is 23.2 Å². The summed E-state index contributed by atoms with van der Waals surface area (Å²) in [5.74, 6) is -0.162. The number of carbonyl (C=O) groups excluding carboxylic acids is 1. The van der Waals surface area contributed by atoms with Gasteiger partial charge in [-0.05, 0) is 61.3 Å². The molecule has 1 aliphatic heterocycles. The fraction of sp³-hybridized carbons (Fsp3) is 0.316. The smallest absolute Gasteiger partial charge is 0.254 e. The first-order valence-electron chi connectivity index (χ1n) is 8.51. The van der Waals surface area contributed by atoms with E-state index in [9.17, 15) is 13.6 Å². The van der Waals surface area contributed by atoms with Gasteiger partial charge in [-0.25, -0.2) is 0 Å². The fourth-order valence-corrected chi connectivity index (χ4v) is 4.34. The van der Waals surface area contributed by atoms with Crippen LogP contribution in [0, 0.1) is 0 Å². The van der Waals surface area contributed by atoms with E-state index < -0.39 is 11.1 Å². The molecule has 0 bridgehead atoms. The van der Waals surface area contributed by atoms with Gasteiger partial charge in [-0.3, -0.25) is 9.00 Å². The molecule has 1 fully saturated rings. The Hall–Kier alpha value is -1.60. The highest BCUT2D eigenvalue weighted by molar-refractivity contribution is 7.79. The van der Waals surface area contributed by atoms with Gasteiger partial charge in [0.05, 0.1) is 5.02 Å². The molecule has 0 spiro atoms. The molecule has 0 aliphatic carbocycles. The molecule has 2 aromatic carbocycles. The lowest BCUT2D eigenvalue weighted by molar-refractivity contribution is 0.0634. The molecular weight excluding hydrogens is 407 g/mol. The van der Waals surface area contributed by atoms with Gasteiger partial charge in [0, 0.05) is 46.3 Å². The van der Waals surface area contributed by atoms with Crippen molar-refractivity contribution in [2.24, 2.45) is 0 Å². The van der Waals surface area contributed by atoms with Crippen molar-refractivity contribution in [1.29, 1.82) is 0 Å². The zero-order chi connectivity index (χ0) is 19.7. The maximum atomic E-state index is 13.0. The van der Waals surface area contributed by atoms with Crippen LogP contribution in [-0.2, 0) is 11.1 Å². The van der Waals surface area contributed by atoms with Crippen LogP contribution in [0.15, 0.2) is 47.4 Å². The molecule has 1 amide bonds. The van der Waals surface area contributed by atoms with Crippen molar-refractivity contribution < 1.29 is 13.6 Å². The van der Waals surface area contributed by atoms with Gasteiger partial charge in [-0.15, -0.1) is 0 Å². The number of hydrogen-bond acceptors (Lipinski definition) is 4. The highest BCUT2D eigenvalue weighted by Gasteiger charge is 2.34. The molecular formula is C19H19Cl2N2O3S-. The van der Waals surface area contributed by atoms with Crippen molar-refractivity contribution in [3.05, 3.63) is 58.1 Å². The second kappa shape index (κ2) is 8.19. The van der Waals surface area contributed by atoms with Gasteiger partial charge >= 0.3 is 0 Å². The Balaban J connectivity index is 1.80. The fourth-order valence-electron chi connectivity index (χ4n) is 3.38. The minimum absolute atomic E-state index is 0.0135. The lowest BCUT2D eigenvalue weighted by atomic mass is 10.0. The molecule has 1 unspecified atom stereocenters. The van der Waals surface area contributed by atoms with Crippen LogP contribution in [-0.4, -0.2) is 44.7 Å². The standard InChI is InChI=1S/C19H20Cl2N2O3S/c1-12-13(2)23(9-8-22(12)16-5-3-4-15(20)11-16)19(24)14-6-7-18(27(25)26)17(21)10-14/h3-7,10-13H,8-9H2,1-2H3,(H,25,26)/p-1/t12-,13-/m0/s1. The van der Waals surface area contributed by atoms with Crippen LogP contribution in [0.4, 0.5) is 5.69 Å². The third kappa shape index (κ3) is 4.14. The highest BCUT2D eigenvalue weighted by atomic mass is 35.5. The van der Waals surface area contributed by atoms with Crippen LogP contribution in [0.3, 0.4) is 0 Å². The van der Waals surface area contributed by atoms with Gasteiger partial charge in [0.2, 0.25) is 0 Å². The van der Waals surface area contributed by atoms with Crippen LogP contribution in [0.5, 0.6) is 0 Å². The Bertz CT molecular complexity index is 893. The summed E-state index contributed by atoms with van der Waals surface area (Å²) < 4.78 is 22.2. The number of amides is 1. The van der Waals surface area contributed by atoms with Crippen LogP contribution in [0.1, 0.15) is 24.2 Å². The van der Waals surface area contributed by atoms with E-state index in [1.165, 1.54) is 18.2 Å². The summed E-state index contributed by atoms with van der Waals surface area (Å²) in [5.41, 5.74) is 1.41. The Morgan fingerprint density at radius 3 is 2.48 bits per heavy atom. The summed E-state index contributed by atoms with van der Waals surface area (Å²) in [5, 5.41) is 0.726. The van der Waals surface area contributed by atoms with Crippen molar-refractivity contribution in [3.8, 4) is 0 Å². The minimum atomic E-state index is -2.43. The van der Waals surface area contributed by atoms with Crippen LogP contribution < -0.4 is 4.90 Å². The SMILES string of the molecule is C[C@H]1[C@H](C)N(c2cccc(Cl)c2)CCN1C(=O)c1ccc(S(=O)[O-])c(Cl)c1. The number of carbonyl (C=O) groups is 1. The van der Waals surface area contributed by atoms with Gasteiger partial charge in [0.1, 0.15) is 0 Å². The summed E-state index contributed by atoms with van der Waals surface area (Å²) >= 11 is 9.68. The first-order chi connectivity index (χ1) is 12.8. The van der Waals surface area contributed by atoms with Crippen molar-refractivity contribution >= 4 is 45.9 Å². The third-order valence-corrected chi connectivity index (χ3v) is 6.40.